The number of piperidine rings is 1. The molecule has 1 fully saturated rings. The molecule has 0 radical (unpaired) electrons. The molecule has 5 nitrogen and oxygen atoms in total. The fraction of sp³-hybridized carbons (Fsp3) is 0.778. The molecular weight excluding hydrogens is 220 g/mol. The summed E-state index contributed by atoms with van der Waals surface area (Å²) in [6.45, 7) is 0.446. The Morgan fingerprint density at radius 3 is 2.73 bits per heavy atom. The summed E-state index contributed by atoms with van der Waals surface area (Å²) in [6.07, 6.45) is 1.18. The number of hydrogen-bond acceptors (Lipinski definition) is 3. The first-order valence-corrected chi connectivity index (χ1v) is 5.31. The number of hydrogen-bond donors (Lipinski definition) is 1. The van der Waals surface area contributed by atoms with Crippen molar-refractivity contribution in [3.63, 3.8) is 0 Å². The van der Waals surface area contributed by atoms with Crippen LogP contribution in [0.25, 0.3) is 0 Å². The van der Waals surface area contributed by atoms with Crippen molar-refractivity contribution >= 4 is 23.4 Å². The van der Waals surface area contributed by atoms with Gasteiger partial charge in [-0.1, -0.05) is 0 Å². The number of amides is 2. The van der Waals surface area contributed by atoms with Crippen molar-refractivity contribution < 1.29 is 14.3 Å². The highest BCUT2D eigenvalue weighted by atomic mass is 35.5. The number of carbonyl (C=O) groups is 2. The van der Waals surface area contributed by atoms with Crippen LogP contribution < -0.4 is 5.73 Å². The van der Waals surface area contributed by atoms with E-state index in [4.69, 9.17) is 22.1 Å². The van der Waals surface area contributed by atoms with Gasteiger partial charge in [0, 0.05) is 20.1 Å². The summed E-state index contributed by atoms with van der Waals surface area (Å²) in [5, 5.41) is 0. The van der Waals surface area contributed by atoms with Gasteiger partial charge in [0.15, 0.2) is 5.78 Å². The number of Topliss-reactive ketones (excluding diaryl/α,β-unsaturated/α-hetero) is 1. The number of rotatable bonds is 3. The fourth-order valence-corrected chi connectivity index (χ4v) is 1.98. The molecule has 86 valence electrons. The molecular formula is C9H15ClN2O3. The first kappa shape index (κ1) is 12.3. The van der Waals surface area contributed by atoms with Crippen LogP contribution in [0.1, 0.15) is 12.8 Å². The molecule has 0 saturated carbocycles. The topological polar surface area (TPSA) is 72.6 Å². The predicted octanol–water partition coefficient (Wildman–Crippen LogP) is 0.352. The number of ketones is 1. The molecule has 15 heavy (non-hydrogen) atoms. The highest BCUT2D eigenvalue weighted by molar-refractivity contribution is 6.28. The lowest BCUT2D eigenvalue weighted by atomic mass is 9.97. The van der Waals surface area contributed by atoms with Gasteiger partial charge < -0.3 is 15.4 Å². The van der Waals surface area contributed by atoms with Crippen LogP contribution in [0.4, 0.5) is 4.79 Å². The van der Waals surface area contributed by atoms with Gasteiger partial charge in [0.2, 0.25) is 0 Å². The van der Waals surface area contributed by atoms with E-state index < -0.39 is 12.1 Å². The Morgan fingerprint density at radius 2 is 2.27 bits per heavy atom. The number of carbonyl (C=O) groups excluding carboxylic acids is 2. The van der Waals surface area contributed by atoms with Gasteiger partial charge in [-0.25, -0.2) is 4.79 Å². The van der Waals surface area contributed by atoms with E-state index in [1.54, 1.807) is 7.11 Å². The third-order valence-corrected chi connectivity index (χ3v) is 2.94. The number of methoxy groups -OCH3 is 1. The van der Waals surface area contributed by atoms with Crippen molar-refractivity contribution in [2.24, 2.45) is 5.73 Å². The molecule has 1 heterocycles. The molecule has 2 amide bonds. The van der Waals surface area contributed by atoms with E-state index in [1.807, 2.05) is 0 Å². The normalized spacial score (nSPS) is 26.4. The minimum atomic E-state index is -0.576. The number of halogens is 1. The Hall–Kier alpha value is -0.810. The van der Waals surface area contributed by atoms with Crippen molar-refractivity contribution in [1.29, 1.82) is 0 Å². The van der Waals surface area contributed by atoms with Crippen LogP contribution in [-0.4, -0.2) is 48.4 Å². The number of nitrogens with zero attached hydrogens (tertiary/aromatic N) is 1. The second kappa shape index (κ2) is 5.32. The van der Waals surface area contributed by atoms with Crippen LogP contribution in [0.3, 0.4) is 0 Å². The molecule has 1 aliphatic rings. The molecule has 1 saturated heterocycles. The second-order valence-electron chi connectivity index (χ2n) is 3.53. The first-order valence-electron chi connectivity index (χ1n) is 4.77. The monoisotopic (exact) mass is 234 g/mol. The van der Waals surface area contributed by atoms with Gasteiger partial charge in [-0.05, 0) is 6.42 Å². The zero-order valence-corrected chi connectivity index (χ0v) is 9.37. The molecule has 2 unspecified atom stereocenters. The molecule has 1 rings (SSSR count). The molecule has 0 aromatic carbocycles. The van der Waals surface area contributed by atoms with Gasteiger partial charge in [0.05, 0.1) is 18.0 Å². The summed E-state index contributed by atoms with van der Waals surface area (Å²) in [4.78, 5) is 24.0. The molecule has 0 aromatic rings. The summed E-state index contributed by atoms with van der Waals surface area (Å²) in [7, 11) is 1.59. The van der Waals surface area contributed by atoms with Gasteiger partial charge in [-0.2, -0.15) is 0 Å². The lowest BCUT2D eigenvalue weighted by Crippen LogP contribution is -2.53. The van der Waals surface area contributed by atoms with Gasteiger partial charge in [0.1, 0.15) is 0 Å². The molecule has 6 heteroatoms. The van der Waals surface area contributed by atoms with Crippen LogP contribution >= 0.6 is 11.6 Å². The maximum atomic E-state index is 11.5. The minimum Gasteiger partial charge on any atom is -0.381 e. The number of ether oxygens (including phenoxy) is 1. The van der Waals surface area contributed by atoms with Crippen LogP contribution in [0.15, 0.2) is 0 Å². The standard InChI is InChI=1S/C9H15ClN2O3/c1-15-6-2-3-12(9(11)14)7(4-6)8(13)5-10/h6-7H,2-5H2,1H3,(H2,11,14). The largest absolute Gasteiger partial charge is 0.381 e. The van der Waals surface area contributed by atoms with Crippen molar-refractivity contribution in [1.82, 2.24) is 4.90 Å². The van der Waals surface area contributed by atoms with E-state index in [2.05, 4.69) is 0 Å². The van der Waals surface area contributed by atoms with Crippen molar-refractivity contribution in [3.05, 3.63) is 0 Å². The molecule has 0 aromatic heterocycles. The smallest absolute Gasteiger partial charge is 0.315 e. The minimum absolute atomic E-state index is 0.00207. The highest BCUT2D eigenvalue weighted by Crippen LogP contribution is 2.20. The molecule has 0 aliphatic carbocycles. The van der Waals surface area contributed by atoms with Gasteiger partial charge >= 0.3 is 6.03 Å². The van der Waals surface area contributed by atoms with Crippen molar-refractivity contribution in [2.75, 3.05) is 19.5 Å². The van der Waals surface area contributed by atoms with Gasteiger partial charge in [-0.15, -0.1) is 11.6 Å². The number of nitrogens with two attached hydrogens (primary N) is 1. The summed E-state index contributed by atoms with van der Waals surface area (Å²) in [5.74, 6) is -0.289. The third-order valence-electron chi connectivity index (χ3n) is 2.67. The Bertz CT molecular complexity index is 260. The molecule has 0 spiro atoms. The Labute approximate surface area is 93.5 Å². The summed E-state index contributed by atoms with van der Waals surface area (Å²) in [6, 6.07) is -1.10. The van der Waals surface area contributed by atoms with Crippen LogP contribution in [0.2, 0.25) is 0 Å². The number of primary amides is 1. The quantitative estimate of drug-likeness (QED) is 0.717. The predicted molar refractivity (Wildman–Crippen MR) is 55.8 cm³/mol. The Balaban J connectivity index is 2.73. The summed E-state index contributed by atoms with van der Waals surface area (Å²) in [5.41, 5.74) is 5.19. The van der Waals surface area contributed by atoms with Crippen LogP contribution in [0, 0.1) is 0 Å². The van der Waals surface area contributed by atoms with E-state index in [1.165, 1.54) is 4.90 Å². The number of urea groups is 1. The molecule has 2 N–H and O–H groups in total. The first-order chi connectivity index (χ1) is 7.10. The highest BCUT2D eigenvalue weighted by Gasteiger charge is 2.34. The third kappa shape index (κ3) is 2.82. The van der Waals surface area contributed by atoms with E-state index in [0.29, 0.717) is 19.4 Å². The number of likely N-dealkylation sites (tertiary alicyclic amines) is 1. The van der Waals surface area contributed by atoms with Crippen molar-refractivity contribution in [2.45, 2.75) is 25.0 Å². The lowest BCUT2D eigenvalue weighted by molar-refractivity contribution is -0.123. The zero-order chi connectivity index (χ0) is 11.4. The molecule has 1 aliphatic heterocycles. The molecule has 2 atom stereocenters. The molecule has 0 bridgehead atoms. The van der Waals surface area contributed by atoms with Crippen molar-refractivity contribution in [3.8, 4) is 0 Å². The summed E-state index contributed by atoms with van der Waals surface area (Å²) >= 11 is 5.48. The maximum absolute atomic E-state index is 11.5. The lowest BCUT2D eigenvalue weighted by Gasteiger charge is -2.36. The Kier molecular flexibility index (Phi) is 4.35. The van der Waals surface area contributed by atoms with E-state index in [-0.39, 0.29) is 17.8 Å². The van der Waals surface area contributed by atoms with Crippen LogP contribution in [-0.2, 0) is 9.53 Å². The SMILES string of the molecule is COC1CCN(C(N)=O)C(C(=O)CCl)C1. The average molecular weight is 235 g/mol. The van der Waals surface area contributed by atoms with Gasteiger partial charge in [0.25, 0.3) is 0 Å². The number of alkyl halides is 1. The van der Waals surface area contributed by atoms with E-state index >= 15 is 0 Å². The van der Waals surface area contributed by atoms with E-state index in [0.717, 1.165) is 0 Å². The second-order valence-corrected chi connectivity index (χ2v) is 3.80. The van der Waals surface area contributed by atoms with E-state index in [9.17, 15) is 9.59 Å². The zero-order valence-electron chi connectivity index (χ0n) is 8.61. The average Bonchev–Trinajstić information content (AvgIpc) is 2.26. The fourth-order valence-electron chi connectivity index (χ4n) is 1.81. The maximum Gasteiger partial charge on any atom is 0.315 e. The Morgan fingerprint density at radius 1 is 1.60 bits per heavy atom. The van der Waals surface area contributed by atoms with Gasteiger partial charge in [-0.3, -0.25) is 4.79 Å². The van der Waals surface area contributed by atoms with Crippen LogP contribution in [0.5, 0.6) is 0 Å². The summed E-state index contributed by atoms with van der Waals surface area (Å²) < 4.78 is 5.17.